The van der Waals surface area contributed by atoms with Gasteiger partial charge in [0.25, 0.3) is 0 Å². The highest BCUT2D eigenvalue weighted by atomic mass is 32.2. The number of rotatable bonds is 6. The molecule has 3 aromatic rings. The molecule has 1 unspecified atom stereocenters. The van der Waals surface area contributed by atoms with E-state index in [1.54, 1.807) is 16.7 Å². The maximum absolute atomic E-state index is 12.9. The fourth-order valence-corrected chi connectivity index (χ4v) is 5.93. The van der Waals surface area contributed by atoms with Crippen LogP contribution in [-0.4, -0.2) is 43.9 Å². The molecule has 2 heterocycles. The van der Waals surface area contributed by atoms with E-state index in [2.05, 4.69) is 33.1 Å². The number of hydrogen-bond acceptors (Lipinski definition) is 4. The van der Waals surface area contributed by atoms with Crippen molar-refractivity contribution in [2.24, 2.45) is 5.92 Å². The summed E-state index contributed by atoms with van der Waals surface area (Å²) in [6.07, 6.45) is 6.05. The fraction of sp³-hybridized carbons (Fsp3) is 0.400. The van der Waals surface area contributed by atoms with Crippen LogP contribution in [0.25, 0.3) is 11.0 Å². The topological polar surface area (TPSA) is 67.2 Å². The van der Waals surface area contributed by atoms with Gasteiger partial charge < -0.3 is 14.8 Å². The van der Waals surface area contributed by atoms with Crippen molar-refractivity contribution >= 4 is 34.6 Å². The molecule has 32 heavy (non-hydrogen) atoms. The molecule has 6 nitrogen and oxygen atoms in total. The summed E-state index contributed by atoms with van der Waals surface area (Å²) in [5.74, 6) is 1.54. The first-order chi connectivity index (χ1) is 15.7. The Morgan fingerprint density at radius 1 is 1.06 bits per heavy atom. The largest absolute Gasteiger partial charge is 0.350 e. The summed E-state index contributed by atoms with van der Waals surface area (Å²) in [5.41, 5.74) is 4.31. The quantitative estimate of drug-likeness (QED) is 0.623. The van der Waals surface area contributed by atoms with Crippen LogP contribution in [0.1, 0.15) is 36.8 Å². The standard InChI is InChI=1S/C25H28N4O2S/c30-24(23-15-32-17-29(23)25(31)20-8-1-2-9-20)26-13-18-6-5-7-19(12-18)14-28-16-27-21-10-3-4-11-22(21)28/h3-7,10-12,16,20,23H,1-2,8-9,13-15,17H2,(H,26,30). The molecule has 2 amide bonds. The Kier molecular flexibility index (Phi) is 6.17. The van der Waals surface area contributed by atoms with Gasteiger partial charge in [-0.3, -0.25) is 9.59 Å². The smallest absolute Gasteiger partial charge is 0.243 e. The van der Waals surface area contributed by atoms with Crippen LogP contribution in [0.4, 0.5) is 0 Å². The van der Waals surface area contributed by atoms with Crippen molar-refractivity contribution in [1.29, 1.82) is 0 Å². The lowest BCUT2D eigenvalue weighted by atomic mass is 10.1. The Labute approximate surface area is 192 Å². The van der Waals surface area contributed by atoms with Crippen LogP contribution >= 0.6 is 11.8 Å². The second-order valence-electron chi connectivity index (χ2n) is 8.70. The number of imidazole rings is 1. The number of benzene rings is 2. The summed E-state index contributed by atoms with van der Waals surface area (Å²) >= 11 is 1.67. The Hall–Kier alpha value is -2.80. The number of hydrogen-bond donors (Lipinski definition) is 1. The Morgan fingerprint density at radius 2 is 1.88 bits per heavy atom. The third kappa shape index (κ3) is 4.39. The van der Waals surface area contributed by atoms with Gasteiger partial charge in [0, 0.05) is 24.8 Å². The van der Waals surface area contributed by atoms with Gasteiger partial charge in [-0.1, -0.05) is 49.2 Å². The zero-order valence-corrected chi connectivity index (χ0v) is 18.9. The van der Waals surface area contributed by atoms with Crippen LogP contribution in [0.2, 0.25) is 0 Å². The molecule has 1 aliphatic heterocycles. The van der Waals surface area contributed by atoms with Crippen molar-refractivity contribution in [3.8, 4) is 0 Å². The molecule has 7 heteroatoms. The van der Waals surface area contributed by atoms with Crippen LogP contribution in [-0.2, 0) is 22.7 Å². The second kappa shape index (κ2) is 9.36. The van der Waals surface area contributed by atoms with Gasteiger partial charge in [0.05, 0.1) is 23.2 Å². The number of carbonyl (C=O) groups excluding carboxylic acids is 2. The first-order valence-corrected chi connectivity index (χ1v) is 12.5. The summed E-state index contributed by atoms with van der Waals surface area (Å²) in [5, 5.41) is 3.07. The number of amides is 2. The first-order valence-electron chi connectivity index (χ1n) is 11.3. The third-order valence-electron chi connectivity index (χ3n) is 6.51. The maximum Gasteiger partial charge on any atom is 0.243 e. The summed E-state index contributed by atoms with van der Waals surface area (Å²) in [6.45, 7) is 1.19. The molecule has 0 spiro atoms. The first kappa shape index (κ1) is 21.1. The molecule has 0 radical (unpaired) electrons. The van der Waals surface area contributed by atoms with E-state index in [-0.39, 0.29) is 23.8 Å². The van der Waals surface area contributed by atoms with E-state index in [4.69, 9.17) is 0 Å². The fourth-order valence-electron chi connectivity index (χ4n) is 4.76. The van der Waals surface area contributed by atoms with E-state index in [1.165, 1.54) is 0 Å². The van der Waals surface area contributed by atoms with Gasteiger partial charge in [-0.05, 0) is 36.1 Å². The van der Waals surface area contributed by atoms with Crippen LogP contribution in [0.5, 0.6) is 0 Å². The molecular weight excluding hydrogens is 420 g/mol. The number of thioether (sulfide) groups is 1. The Balaban J connectivity index is 1.21. The average molecular weight is 449 g/mol. The van der Waals surface area contributed by atoms with Crippen molar-refractivity contribution in [1.82, 2.24) is 19.8 Å². The van der Waals surface area contributed by atoms with Gasteiger partial charge in [0.1, 0.15) is 6.04 Å². The van der Waals surface area contributed by atoms with E-state index in [9.17, 15) is 9.59 Å². The van der Waals surface area contributed by atoms with Gasteiger partial charge in [-0.2, -0.15) is 0 Å². The Bertz CT molecular complexity index is 1120. The zero-order valence-electron chi connectivity index (χ0n) is 18.1. The van der Waals surface area contributed by atoms with Crippen molar-refractivity contribution in [2.75, 3.05) is 11.6 Å². The number of fused-ring (bicyclic) bond motifs is 1. The van der Waals surface area contributed by atoms with E-state index >= 15 is 0 Å². The van der Waals surface area contributed by atoms with Crippen molar-refractivity contribution in [2.45, 2.75) is 44.8 Å². The number of nitrogens with one attached hydrogen (secondary N) is 1. The molecule has 1 aromatic heterocycles. The SMILES string of the molecule is O=C(NCc1cccc(Cn2cnc3ccccc32)c1)C1CSCN1C(=O)C1CCCC1. The predicted molar refractivity (Wildman–Crippen MR) is 127 cm³/mol. The van der Waals surface area contributed by atoms with Gasteiger partial charge in [-0.15, -0.1) is 11.8 Å². The summed E-state index contributed by atoms with van der Waals surface area (Å²) in [7, 11) is 0. The lowest BCUT2D eigenvalue weighted by molar-refractivity contribution is -0.141. The molecule has 2 aliphatic rings. The molecule has 166 valence electrons. The molecule has 1 saturated heterocycles. The lowest BCUT2D eigenvalue weighted by Gasteiger charge is -2.25. The monoisotopic (exact) mass is 448 g/mol. The lowest BCUT2D eigenvalue weighted by Crippen LogP contribution is -2.48. The van der Waals surface area contributed by atoms with Crippen LogP contribution in [0.15, 0.2) is 54.9 Å². The normalized spacial score (nSPS) is 19.0. The molecule has 0 bridgehead atoms. The van der Waals surface area contributed by atoms with E-state index in [0.29, 0.717) is 18.2 Å². The second-order valence-corrected chi connectivity index (χ2v) is 9.70. The van der Waals surface area contributed by atoms with E-state index in [1.807, 2.05) is 36.7 Å². The zero-order chi connectivity index (χ0) is 21.9. The Morgan fingerprint density at radius 3 is 2.75 bits per heavy atom. The predicted octanol–water partition coefficient (Wildman–Crippen LogP) is 3.79. The average Bonchev–Trinajstić information content (AvgIpc) is 3.59. The summed E-state index contributed by atoms with van der Waals surface area (Å²) < 4.78 is 2.13. The third-order valence-corrected chi connectivity index (χ3v) is 7.52. The van der Waals surface area contributed by atoms with Gasteiger partial charge in [-0.25, -0.2) is 4.98 Å². The number of nitrogens with zero attached hydrogens (tertiary/aromatic N) is 3. The van der Waals surface area contributed by atoms with Crippen molar-refractivity contribution < 1.29 is 9.59 Å². The highest BCUT2D eigenvalue weighted by Gasteiger charge is 2.38. The van der Waals surface area contributed by atoms with E-state index < -0.39 is 0 Å². The van der Waals surface area contributed by atoms with Crippen molar-refractivity contribution in [3.05, 3.63) is 66.0 Å². The van der Waals surface area contributed by atoms with Crippen LogP contribution < -0.4 is 5.32 Å². The highest BCUT2D eigenvalue weighted by molar-refractivity contribution is 7.99. The van der Waals surface area contributed by atoms with Crippen LogP contribution in [0, 0.1) is 5.92 Å². The molecule has 1 atom stereocenters. The van der Waals surface area contributed by atoms with Crippen molar-refractivity contribution in [3.63, 3.8) is 0 Å². The molecule has 2 fully saturated rings. The van der Waals surface area contributed by atoms with Gasteiger partial charge >= 0.3 is 0 Å². The van der Waals surface area contributed by atoms with Gasteiger partial charge in [0.2, 0.25) is 11.8 Å². The summed E-state index contributed by atoms with van der Waals surface area (Å²) in [4.78, 5) is 32.0. The molecule has 1 N–H and O–H groups in total. The molecule has 2 aromatic carbocycles. The van der Waals surface area contributed by atoms with Gasteiger partial charge in [0.15, 0.2) is 0 Å². The maximum atomic E-state index is 12.9. The van der Waals surface area contributed by atoms with E-state index in [0.717, 1.165) is 54.4 Å². The van der Waals surface area contributed by atoms with Crippen LogP contribution in [0.3, 0.4) is 0 Å². The number of para-hydroxylation sites is 2. The number of carbonyl (C=O) groups is 2. The highest BCUT2D eigenvalue weighted by Crippen LogP contribution is 2.30. The number of aromatic nitrogens is 2. The summed E-state index contributed by atoms with van der Waals surface area (Å²) in [6, 6.07) is 16.0. The molecular formula is C25H28N4O2S. The molecule has 5 rings (SSSR count). The minimum absolute atomic E-state index is 0.0487. The minimum Gasteiger partial charge on any atom is -0.350 e. The molecule has 1 aliphatic carbocycles. The molecule has 1 saturated carbocycles. The minimum atomic E-state index is -0.353.